The molecule has 0 aliphatic heterocycles. The summed E-state index contributed by atoms with van der Waals surface area (Å²) in [6, 6.07) is 10.3. The predicted molar refractivity (Wildman–Crippen MR) is 146 cm³/mol. The highest BCUT2D eigenvalue weighted by atomic mass is 19.3. The Morgan fingerprint density at radius 2 is 1.82 bits per heavy atom. The first-order valence-corrected chi connectivity index (χ1v) is 13.5. The number of nitrogens with two attached hydrogens (primary N) is 1. The normalized spacial score (nSPS) is 20.5. The molecule has 5 rings (SSSR count). The Kier molecular flexibility index (Phi) is 7.22. The van der Waals surface area contributed by atoms with E-state index in [1.165, 1.54) is 16.7 Å². The third kappa shape index (κ3) is 5.11. The summed E-state index contributed by atoms with van der Waals surface area (Å²) in [5.41, 5.74) is 8.85. The van der Waals surface area contributed by atoms with Crippen LogP contribution in [-0.4, -0.2) is 28.1 Å². The van der Waals surface area contributed by atoms with Crippen LogP contribution in [-0.2, 0) is 13.5 Å². The molecule has 0 amide bonds. The number of anilines is 2. The number of hydrogen-bond donors (Lipinski definition) is 1. The summed E-state index contributed by atoms with van der Waals surface area (Å²) in [4.78, 5) is 19.6. The number of nitriles is 2. The Hall–Kier alpha value is -4.05. The highest BCUT2D eigenvalue weighted by Gasteiger charge is 2.46. The number of alkyl halides is 2. The van der Waals surface area contributed by atoms with Crippen LogP contribution < -0.4 is 16.2 Å². The molecule has 0 radical (unpaired) electrons. The number of halogens is 3. The number of hydrogen-bond acceptors (Lipinski definition) is 6. The average Bonchev–Trinajstić information content (AvgIpc) is 2.90. The Balaban J connectivity index is 1.40. The van der Waals surface area contributed by atoms with Gasteiger partial charge in [-0.2, -0.15) is 10.5 Å². The van der Waals surface area contributed by atoms with E-state index in [4.69, 9.17) is 5.73 Å². The van der Waals surface area contributed by atoms with E-state index in [-0.39, 0.29) is 53.5 Å². The van der Waals surface area contributed by atoms with E-state index in [2.05, 4.69) is 16.0 Å². The van der Waals surface area contributed by atoms with Crippen molar-refractivity contribution in [3.8, 4) is 12.1 Å². The summed E-state index contributed by atoms with van der Waals surface area (Å²) in [5.74, 6) is -2.89. The van der Waals surface area contributed by atoms with Gasteiger partial charge in [0.05, 0.1) is 16.7 Å². The molecule has 2 saturated carbocycles. The van der Waals surface area contributed by atoms with Crippen molar-refractivity contribution in [2.24, 2.45) is 18.9 Å². The molecule has 10 heteroatoms. The maximum absolute atomic E-state index is 13.9. The van der Waals surface area contributed by atoms with Gasteiger partial charge in [-0.25, -0.2) is 18.2 Å². The number of nitrogen functional groups attached to an aromatic ring is 1. The largest absolute Gasteiger partial charge is 0.396 e. The molecule has 7 nitrogen and oxygen atoms in total. The smallest absolute Gasteiger partial charge is 0.269 e. The highest BCUT2D eigenvalue weighted by molar-refractivity contribution is 5.84. The molecule has 2 fully saturated rings. The van der Waals surface area contributed by atoms with Gasteiger partial charge in [-0.15, -0.1) is 0 Å². The van der Waals surface area contributed by atoms with E-state index in [0.29, 0.717) is 29.6 Å². The van der Waals surface area contributed by atoms with E-state index < -0.39 is 11.5 Å². The molecule has 0 saturated heterocycles. The minimum absolute atomic E-state index is 0.0211. The summed E-state index contributed by atoms with van der Waals surface area (Å²) in [5, 5.41) is 19.3. The third-order valence-electron chi connectivity index (χ3n) is 8.56. The van der Waals surface area contributed by atoms with E-state index in [1.807, 2.05) is 13.0 Å². The fraction of sp³-hybridized carbons (Fsp3) is 0.467. The fourth-order valence-electron chi connectivity index (χ4n) is 6.45. The molecule has 2 heterocycles. The number of nitrogens with zero attached hydrogens (tertiary/aromatic N) is 5. The van der Waals surface area contributed by atoms with E-state index in [1.54, 1.807) is 19.2 Å². The Bertz CT molecular complexity index is 1600. The number of rotatable bonds is 6. The van der Waals surface area contributed by atoms with Gasteiger partial charge in [0, 0.05) is 43.7 Å². The minimum atomic E-state index is -2.61. The second kappa shape index (κ2) is 10.5. The summed E-state index contributed by atoms with van der Waals surface area (Å²) >= 11 is 0. The SMILES string of the molecule is Cc1cc(F)ccc1N(CC1CC(F)(F)C1)[C@H]1CC[C@H](Cc2c(C#N)c(=O)n(C)c3cc(N)c(C#N)nc23)CC1. The van der Waals surface area contributed by atoms with Crippen molar-refractivity contribution in [2.45, 2.75) is 63.8 Å². The van der Waals surface area contributed by atoms with Crippen LogP contribution in [0.1, 0.15) is 60.9 Å². The van der Waals surface area contributed by atoms with Crippen LogP contribution in [0.4, 0.5) is 24.5 Å². The first-order valence-electron chi connectivity index (χ1n) is 13.5. The van der Waals surface area contributed by atoms with Crippen molar-refractivity contribution in [3.05, 3.63) is 62.8 Å². The first-order chi connectivity index (χ1) is 19.0. The van der Waals surface area contributed by atoms with Crippen LogP contribution >= 0.6 is 0 Å². The Morgan fingerprint density at radius 1 is 1.12 bits per heavy atom. The molecule has 3 aromatic rings. The second-order valence-corrected chi connectivity index (χ2v) is 11.3. The van der Waals surface area contributed by atoms with Crippen LogP contribution in [0.2, 0.25) is 0 Å². The van der Waals surface area contributed by atoms with Gasteiger partial charge in [0.25, 0.3) is 5.56 Å². The van der Waals surface area contributed by atoms with Gasteiger partial charge in [-0.3, -0.25) is 4.79 Å². The molecule has 40 heavy (non-hydrogen) atoms. The van der Waals surface area contributed by atoms with Gasteiger partial charge in [0.1, 0.15) is 23.5 Å². The topological polar surface area (TPSA) is 112 Å². The van der Waals surface area contributed by atoms with E-state index in [9.17, 15) is 28.5 Å². The van der Waals surface area contributed by atoms with Crippen LogP contribution in [0.15, 0.2) is 29.1 Å². The molecule has 2 aliphatic carbocycles. The van der Waals surface area contributed by atoms with Crippen molar-refractivity contribution in [2.75, 3.05) is 17.2 Å². The molecular weight excluding hydrogens is 517 g/mol. The van der Waals surface area contributed by atoms with Gasteiger partial charge in [-0.1, -0.05) is 0 Å². The Labute approximate surface area is 230 Å². The van der Waals surface area contributed by atoms with E-state index >= 15 is 0 Å². The maximum Gasteiger partial charge on any atom is 0.269 e. The van der Waals surface area contributed by atoms with Crippen molar-refractivity contribution in [3.63, 3.8) is 0 Å². The average molecular weight is 549 g/mol. The van der Waals surface area contributed by atoms with Gasteiger partial charge >= 0.3 is 0 Å². The van der Waals surface area contributed by atoms with Gasteiger partial charge in [-0.05, 0) is 80.7 Å². The molecule has 208 valence electrons. The highest BCUT2D eigenvalue weighted by Crippen LogP contribution is 2.44. The lowest BCUT2D eigenvalue weighted by Crippen LogP contribution is -2.47. The molecular formula is C30H31F3N6O. The predicted octanol–water partition coefficient (Wildman–Crippen LogP) is 5.36. The summed E-state index contributed by atoms with van der Waals surface area (Å²) in [6.45, 7) is 2.34. The molecule has 2 aliphatic rings. The van der Waals surface area contributed by atoms with Crippen molar-refractivity contribution in [1.29, 1.82) is 10.5 Å². The van der Waals surface area contributed by atoms with Crippen LogP contribution in [0.25, 0.3) is 11.0 Å². The van der Waals surface area contributed by atoms with Crippen molar-refractivity contribution >= 4 is 22.4 Å². The maximum atomic E-state index is 13.9. The van der Waals surface area contributed by atoms with E-state index in [0.717, 1.165) is 36.9 Å². The number of aromatic nitrogens is 2. The monoisotopic (exact) mass is 548 g/mol. The summed E-state index contributed by atoms with van der Waals surface area (Å²) in [6.07, 6.45) is 3.36. The molecule has 2 N–H and O–H groups in total. The van der Waals surface area contributed by atoms with Crippen LogP contribution in [0.5, 0.6) is 0 Å². The van der Waals surface area contributed by atoms with Crippen LogP contribution in [0, 0.1) is 47.2 Å². The van der Waals surface area contributed by atoms with Gasteiger partial charge < -0.3 is 15.2 Å². The molecule has 0 atom stereocenters. The first kappa shape index (κ1) is 27.5. The molecule has 0 bridgehead atoms. The molecule has 2 aromatic heterocycles. The van der Waals surface area contributed by atoms with Crippen molar-refractivity contribution in [1.82, 2.24) is 9.55 Å². The third-order valence-corrected chi connectivity index (χ3v) is 8.56. The second-order valence-electron chi connectivity index (χ2n) is 11.3. The standard InChI is InChI=1S/C30H31F3N6O/c1-17-9-20(31)5-8-26(17)39(16-19-12-30(32,33)13-19)21-6-3-18(4-7-21)10-22-23(14-34)29(40)38(2)27-11-24(36)25(15-35)37-28(22)27/h5,8-9,11,18-19,21H,3-4,6-7,10,12-13,16,36H2,1-2H3/t18-,21-. The lowest BCUT2D eigenvalue weighted by atomic mass is 9.78. The molecule has 0 spiro atoms. The number of aryl methyl sites for hydroxylation is 2. The van der Waals surface area contributed by atoms with Crippen molar-refractivity contribution < 1.29 is 13.2 Å². The van der Waals surface area contributed by atoms with Gasteiger partial charge in [0.15, 0.2) is 5.69 Å². The zero-order valence-electron chi connectivity index (χ0n) is 22.6. The lowest BCUT2D eigenvalue weighted by Gasteiger charge is -2.44. The Morgan fingerprint density at radius 3 is 2.42 bits per heavy atom. The number of benzene rings is 1. The number of pyridine rings is 2. The zero-order chi connectivity index (χ0) is 28.8. The lowest BCUT2D eigenvalue weighted by molar-refractivity contribution is -0.108. The quantitative estimate of drug-likeness (QED) is 0.444. The summed E-state index contributed by atoms with van der Waals surface area (Å²) < 4.78 is 42.4. The molecule has 1 aromatic carbocycles. The minimum Gasteiger partial charge on any atom is -0.396 e. The summed E-state index contributed by atoms with van der Waals surface area (Å²) in [7, 11) is 1.55. The molecule has 0 unspecified atom stereocenters. The van der Waals surface area contributed by atoms with Crippen LogP contribution in [0.3, 0.4) is 0 Å². The zero-order valence-corrected chi connectivity index (χ0v) is 22.6. The number of fused-ring (bicyclic) bond motifs is 1. The fourth-order valence-corrected chi connectivity index (χ4v) is 6.45. The van der Waals surface area contributed by atoms with Gasteiger partial charge in [0.2, 0.25) is 5.92 Å².